The maximum Gasteiger partial charge on any atom is 0.274 e. The highest BCUT2D eigenvalue weighted by Crippen LogP contribution is 2.20. The Morgan fingerprint density at radius 3 is 2.80 bits per heavy atom. The predicted octanol–water partition coefficient (Wildman–Crippen LogP) is 1.95. The van der Waals surface area contributed by atoms with Crippen LogP contribution >= 0.6 is 11.8 Å². The zero-order valence-corrected chi connectivity index (χ0v) is 13.5. The fourth-order valence-corrected chi connectivity index (χ4v) is 3.94. The van der Waals surface area contributed by atoms with Gasteiger partial charge in [-0.2, -0.15) is 11.8 Å². The molecule has 0 aromatic carbocycles. The Balaban J connectivity index is 1.96. The van der Waals surface area contributed by atoms with Crippen molar-refractivity contribution in [2.45, 2.75) is 49.9 Å². The largest absolute Gasteiger partial charge is 0.447 e. The normalized spacial score (nSPS) is 17.3. The summed E-state index contributed by atoms with van der Waals surface area (Å²) in [4.78, 5) is 0. The summed E-state index contributed by atoms with van der Waals surface area (Å²) >= 11 is 1.63. The monoisotopic (exact) mass is 318 g/mol. The fourth-order valence-electron chi connectivity index (χ4n) is 1.84. The molecule has 0 saturated heterocycles. The molecule has 0 bridgehead atoms. The van der Waals surface area contributed by atoms with Gasteiger partial charge in [0.15, 0.2) is 0 Å². The van der Waals surface area contributed by atoms with Crippen LogP contribution in [0, 0.1) is 0 Å². The number of hydrogen-bond acceptors (Lipinski definition) is 5. The van der Waals surface area contributed by atoms with Crippen molar-refractivity contribution < 1.29 is 12.8 Å². The van der Waals surface area contributed by atoms with Crippen LogP contribution in [0.5, 0.6) is 0 Å². The van der Waals surface area contributed by atoms with Crippen molar-refractivity contribution in [3.05, 3.63) is 17.9 Å². The van der Waals surface area contributed by atoms with Gasteiger partial charge in [0.25, 0.3) is 10.0 Å². The van der Waals surface area contributed by atoms with E-state index in [1.807, 2.05) is 13.2 Å². The first-order chi connectivity index (χ1) is 9.55. The smallest absolute Gasteiger partial charge is 0.274 e. The highest BCUT2D eigenvalue weighted by Gasteiger charge is 2.24. The van der Waals surface area contributed by atoms with E-state index in [1.165, 1.54) is 18.9 Å². The molecule has 1 atom stereocenters. The van der Waals surface area contributed by atoms with E-state index in [9.17, 15) is 8.42 Å². The SMILES string of the molecule is CCC(CSC)NS(=O)(=O)c1ccc(CNC2CC2)o1. The van der Waals surface area contributed by atoms with Gasteiger partial charge in [0.2, 0.25) is 5.09 Å². The third-order valence-electron chi connectivity index (χ3n) is 3.23. The molecular weight excluding hydrogens is 296 g/mol. The van der Waals surface area contributed by atoms with Gasteiger partial charge in [0.05, 0.1) is 6.54 Å². The van der Waals surface area contributed by atoms with Crippen LogP contribution in [0.15, 0.2) is 21.6 Å². The van der Waals surface area contributed by atoms with Crippen LogP contribution in [-0.2, 0) is 16.6 Å². The van der Waals surface area contributed by atoms with Crippen LogP contribution in [0.4, 0.5) is 0 Å². The van der Waals surface area contributed by atoms with E-state index >= 15 is 0 Å². The third-order valence-corrected chi connectivity index (χ3v) is 5.36. The lowest BCUT2D eigenvalue weighted by Crippen LogP contribution is -2.35. The van der Waals surface area contributed by atoms with Crippen LogP contribution in [-0.4, -0.2) is 32.5 Å². The Hall–Kier alpha value is -0.500. The molecule has 1 aromatic heterocycles. The van der Waals surface area contributed by atoms with Gasteiger partial charge >= 0.3 is 0 Å². The average molecular weight is 318 g/mol. The number of nitrogens with one attached hydrogen (secondary N) is 2. The van der Waals surface area contributed by atoms with Gasteiger partial charge in [0.1, 0.15) is 5.76 Å². The van der Waals surface area contributed by atoms with Crippen LogP contribution in [0.25, 0.3) is 0 Å². The minimum Gasteiger partial charge on any atom is -0.447 e. The summed E-state index contributed by atoms with van der Waals surface area (Å²) in [6.07, 6.45) is 5.11. The second-order valence-corrected chi connectivity index (χ2v) is 7.61. The van der Waals surface area contributed by atoms with Crippen LogP contribution in [0.2, 0.25) is 0 Å². The molecule has 2 N–H and O–H groups in total. The zero-order valence-electron chi connectivity index (χ0n) is 11.9. The lowest BCUT2D eigenvalue weighted by Gasteiger charge is -2.14. The molecule has 114 valence electrons. The fraction of sp³-hybridized carbons (Fsp3) is 0.692. The van der Waals surface area contributed by atoms with E-state index < -0.39 is 10.0 Å². The van der Waals surface area contributed by atoms with Gasteiger partial charge in [-0.25, -0.2) is 13.1 Å². The van der Waals surface area contributed by atoms with Crippen molar-refractivity contribution in [1.29, 1.82) is 0 Å². The molecule has 0 spiro atoms. The number of furan rings is 1. The quantitative estimate of drug-likeness (QED) is 0.728. The lowest BCUT2D eigenvalue weighted by molar-refractivity contribution is 0.397. The Morgan fingerprint density at radius 1 is 1.45 bits per heavy atom. The molecule has 1 saturated carbocycles. The van der Waals surface area contributed by atoms with Gasteiger partial charge < -0.3 is 9.73 Å². The highest BCUT2D eigenvalue weighted by molar-refractivity contribution is 7.98. The van der Waals surface area contributed by atoms with Crippen LogP contribution in [0.1, 0.15) is 31.9 Å². The average Bonchev–Trinajstić information content (AvgIpc) is 3.11. The van der Waals surface area contributed by atoms with Crippen molar-refractivity contribution in [2.24, 2.45) is 0 Å². The Morgan fingerprint density at radius 2 is 2.20 bits per heavy atom. The summed E-state index contributed by atoms with van der Waals surface area (Å²) in [7, 11) is -3.55. The first-order valence-corrected chi connectivity index (χ1v) is 9.76. The molecule has 1 aliphatic rings. The number of thioether (sulfide) groups is 1. The summed E-state index contributed by atoms with van der Waals surface area (Å²) < 4.78 is 32.5. The van der Waals surface area contributed by atoms with E-state index in [1.54, 1.807) is 17.8 Å². The van der Waals surface area contributed by atoms with Gasteiger partial charge in [-0.3, -0.25) is 0 Å². The van der Waals surface area contributed by atoms with Crippen molar-refractivity contribution in [3.63, 3.8) is 0 Å². The minimum absolute atomic E-state index is 0.00431. The summed E-state index contributed by atoms with van der Waals surface area (Å²) in [5.74, 6) is 1.42. The summed E-state index contributed by atoms with van der Waals surface area (Å²) in [5.41, 5.74) is 0. The maximum atomic E-state index is 12.2. The van der Waals surface area contributed by atoms with Crippen molar-refractivity contribution in [1.82, 2.24) is 10.0 Å². The summed E-state index contributed by atoms with van der Waals surface area (Å²) in [6.45, 7) is 2.55. The van der Waals surface area contributed by atoms with E-state index in [4.69, 9.17) is 4.42 Å². The Bertz CT molecular complexity index is 523. The van der Waals surface area contributed by atoms with E-state index in [0.717, 1.165) is 12.2 Å². The van der Waals surface area contributed by atoms with E-state index in [0.29, 0.717) is 18.3 Å². The minimum atomic E-state index is -3.55. The molecule has 0 amide bonds. The molecule has 0 radical (unpaired) electrons. The zero-order chi connectivity index (χ0) is 14.6. The molecule has 7 heteroatoms. The number of rotatable bonds is 9. The maximum absolute atomic E-state index is 12.2. The van der Waals surface area contributed by atoms with Crippen LogP contribution in [0.3, 0.4) is 0 Å². The number of hydrogen-bond donors (Lipinski definition) is 2. The third kappa shape index (κ3) is 4.51. The van der Waals surface area contributed by atoms with Gasteiger partial charge in [0, 0.05) is 17.8 Å². The standard InChI is InChI=1S/C13H22N2O3S2/c1-3-10(9-19-2)15-20(16,17)13-7-6-12(18-13)8-14-11-4-5-11/h6-7,10-11,14-15H,3-5,8-9H2,1-2H3. The second-order valence-electron chi connectivity index (χ2n) is 5.06. The highest BCUT2D eigenvalue weighted by atomic mass is 32.2. The molecule has 5 nitrogen and oxygen atoms in total. The lowest BCUT2D eigenvalue weighted by atomic mass is 10.3. The predicted molar refractivity (Wildman–Crippen MR) is 81.4 cm³/mol. The van der Waals surface area contributed by atoms with Gasteiger partial charge in [-0.1, -0.05) is 6.92 Å². The molecule has 2 rings (SSSR count). The summed E-state index contributed by atoms with van der Waals surface area (Å²) in [5, 5.41) is 3.30. The molecule has 20 heavy (non-hydrogen) atoms. The van der Waals surface area contributed by atoms with Gasteiger partial charge in [-0.15, -0.1) is 0 Å². The Kier molecular flexibility index (Phi) is 5.54. The van der Waals surface area contributed by atoms with Gasteiger partial charge in [-0.05, 0) is 37.7 Å². The topological polar surface area (TPSA) is 71.3 Å². The molecule has 1 fully saturated rings. The molecule has 0 aliphatic heterocycles. The molecule has 1 heterocycles. The first-order valence-electron chi connectivity index (χ1n) is 6.88. The molecule has 1 aromatic rings. The van der Waals surface area contributed by atoms with Crippen molar-refractivity contribution in [2.75, 3.05) is 12.0 Å². The first kappa shape index (κ1) is 15.9. The molecule has 1 aliphatic carbocycles. The van der Waals surface area contributed by atoms with E-state index in [2.05, 4.69) is 10.0 Å². The molecular formula is C13H22N2O3S2. The Labute approximate surface area is 124 Å². The van der Waals surface area contributed by atoms with E-state index in [-0.39, 0.29) is 11.1 Å². The van der Waals surface area contributed by atoms with Crippen molar-refractivity contribution >= 4 is 21.8 Å². The summed E-state index contributed by atoms with van der Waals surface area (Å²) in [6, 6.07) is 3.76. The van der Waals surface area contributed by atoms with Crippen LogP contribution < -0.4 is 10.0 Å². The second kappa shape index (κ2) is 6.98. The van der Waals surface area contributed by atoms with Crippen molar-refractivity contribution in [3.8, 4) is 0 Å². The number of sulfonamides is 1. The molecule has 1 unspecified atom stereocenters.